The molecule has 100 valence electrons. The Balaban J connectivity index is 2.55. The van der Waals surface area contributed by atoms with Crippen LogP contribution in [0.5, 0.6) is 11.8 Å². The summed E-state index contributed by atoms with van der Waals surface area (Å²) < 4.78 is 11.7. The van der Waals surface area contributed by atoms with Crippen molar-refractivity contribution in [3.05, 3.63) is 30.1 Å². The second-order valence-electron chi connectivity index (χ2n) is 3.50. The van der Waals surface area contributed by atoms with Gasteiger partial charge in [-0.1, -0.05) is 5.16 Å². The third-order valence-electron chi connectivity index (χ3n) is 2.42. The van der Waals surface area contributed by atoms with E-state index in [1.807, 2.05) is 0 Å². The van der Waals surface area contributed by atoms with Gasteiger partial charge in [-0.15, -0.1) is 0 Å². The molecule has 8 nitrogen and oxygen atoms in total. The number of hydrogen-bond donors (Lipinski definition) is 2. The Hall–Kier alpha value is -2.77. The van der Waals surface area contributed by atoms with Crippen LogP contribution in [0.2, 0.25) is 0 Å². The predicted molar refractivity (Wildman–Crippen MR) is 67.0 cm³/mol. The fourth-order valence-electron chi connectivity index (χ4n) is 1.52. The maximum absolute atomic E-state index is 8.74. The zero-order valence-electron chi connectivity index (χ0n) is 10.4. The highest BCUT2D eigenvalue weighted by atomic mass is 16.5. The van der Waals surface area contributed by atoms with Gasteiger partial charge in [-0.25, -0.2) is 0 Å². The summed E-state index contributed by atoms with van der Waals surface area (Å²) in [4.78, 5) is 8.35. The van der Waals surface area contributed by atoms with Gasteiger partial charge in [-0.3, -0.25) is 4.57 Å². The number of amidine groups is 1. The first-order chi connectivity index (χ1) is 9.19. The van der Waals surface area contributed by atoms with Crippen LogP contribution in [0.15, 0.2) is 29.6 Å². The Morgan fingerprint density at radius 1 is 1.32 bits per heavy atom. The second-order valence-corrected chi connectivity index (χ2v) is 3.50. The van der Waals surface area contributed by atoms with E-state index in [9.17, 15) is 0 Å². The molecule has 0 atom stereocenters. The number of rotatable bonds is 4. The van der Waals surface area contributed by atoms with Gasteiger partial charge in [-0.2, -0.15) is 9.97 Å². The molecule has 8 heteroatoms. The molecule has 0 aromatic carbocycles. The Kier molecular flexibility index (Phi) is 3.51. The average molecular weight is 263 g/mol. The van der Waals surface area contributed by atoms with Crippen molar-refractivity contribution in [1.82, 2.24) is 14.5 Å². The zero-order valence-corrected chi connectivity index (χ0v) is 10.4. The fraction of sp³-hybridized carbons (Fsp3) is 0.182. The van der Waals surface area contributed by atoms with Crippen molar-refractivity contribution in [2.75, 3.05) is 14.2 Å². The van der Waals surface area contributed by atoms with E-state index < -0.39 is 0 Å². The van der Waals surface area contributed by atoms with Crippen molar-refractivity contribution >= 4 is 5.84 Å². The van der Waals surface area contributed by atoms with Crippen molar-refractivity contribution in [3.63, 3.8) is 0 Å². The molecular weight excluding hydrogens is 250 g/mol. The molecule has 19 heavy (non-hydrogen) atoms. The number of nitrogens with zero attached hydrogens (tertiary/aromatic N) is 4. The normalized spacial score (nSPS) is 11.4. The van der Waals surface area contributed by atoms with Crippen LogP contribution in [-0.4, -0.2) is 39.8 Å². The first-order valence-corrected chi connectivity index (χ1v) is 5.32. The van der Waals surface area contributed by atoms with Crippen LogP contribution in [-0.2, 0) is 0 Å². The maximum atomic E-state index is 8.74. The van der Waals surface area contributed by atoms with Gasteiger partial charge >= 0.3 is 0 Å². The molecule has 3 N–H and O–H groups in total. The summed E-state index contributed by atoms with van der Waals surface area (Å²) in [6.45, 7) is 0. The Labute approximate surface area is 109 Å². The molecule has 0 amide bonds. The van der Waals surface area contributed by atoms with Gasteiger partial charge in [0, 0.05) is 6.20 Å². The number of aromatic nitrogens is 3. The van der Waals surface area contributed by atoms with Crippen molar-refractivity contribution < 1.29 is 14.7 Å². The largest absolute Gasteiger partial charge is 0.481 e. The molecule has 2 aromatic rings. The minimum Gasteiger partial charge on any atom is -0.481 e. The number of hydrogen-bond acceptors (Lipinski definition) is 6. The molecule has 0 spiro atoms. The molecule has 0 saturated carbocycles. The van der Waals surface area contributed by atoms with E-state index in [1.165, 1.54) is 14.2 Å². The standard InChI is InChI=1S/C11H13N5O3/c1-18-8-6-9(19-2)14-11(13-8)16-5-3-4-7(16)10(12)15-17/h3-6,17H,1-2H3,(H2,12,15). The molecule has 0 bridgehead atoms. The lowest BCUT2D eigenvalue weighted by atomic mass is 10.4. The SMILES string of the molecule is COc1cc(OC)nc(-n2cccc2/C(N)=N/O)n1. The van der Waals surface area contributed by atoms with Crippen LogP contribution < -0.4 is 15.2 Å². The van der Waals surface area contributed by atoms with E-state index >= 15 is 0 Å². The van der Waals surface area contributed by atoms with Gasteiger partial charge in [0.05, 0.1) is 26.0 Å². The van der Waals surface area contributed by atoms with Crippen molar-refractivity contribution in [1.29, 1.82) is 0 Å². The molecule has 2 aromatic heterocycles. The third-order valence-corrected chi connectivity index (χ3v) is 2.42. The molecule has 0 aliphatic rings. The lowest BCUT2D eigenvalue weighted by molar-refractivity contribution is 0.318. The number of nitrogens with two attached hydrogens (primary N) is 1. The molecule has 0 fully saturated rings. The summed E-state index contributed by atoms with van der Waals surface area (Å²) in [7, 11) is 2.98. The number of oxime groups is 1. The first-order valence-electron chi connectivity index (χ1n) is 5.32. The highest BCUT2D eigenvalue weighted by molar-refractivity contribution is 5.96. The summed E-state index contributed by atoms with van der Waals surface area (Å²) in [5.41, 5.74) is 6.04. The fourth-order valence-corrected chi connectivity index (χ4v) is 1.52. The highest BCUT2D eigenvalue weighted by Gasteiger charge is 2.12. The van der Waals surface area contributed by atoms with Gasteiger partial charge in [0.15, 0.2) is 5.84 Å². The topological polar surface area (TPSA) is 108 Å². The van der Waals surface area contributed by atoms with Gasteiger partial charge < -0.3 is 20.4 Å². The van der Waals surface area contributed by atoms with E-state index in [0.29, 0.717) is 23.4 Å². The van der Waals surface area contributed by atoms with E-state index in [1.54, 1.807) is 29.0 Å². The van der Waals surface area contributed by atoms with Crippen LogP contribution in [0.1, 0.15) is 5.69 Å². The molecule has 0 aliphatic carbocycles. The van der Waals surface area contributed by atoms with Crippen LogP contribution in [0, 0.1) is 0 Å². The van der Waals surface area contributed by atoms with Crippen LogP contribution >= 0.6 is 0 Å². The molecule has 0 aliphatic heterocycles. The first kappa shape index (κ1) is 12.7. The van der Waals surface area contributed by atoms with Gasteiger partial charge in [0.2, 0.25) is 17.7 Å². The van der Waals surface area contributed by atoms with Crippen LogP contribution in [0.25, 0.3) is 5.95 Å². The summed E-state index contributed by atoms with van der Waals surface area (Å²) in [5.74, 6) is 0.945. The summed E-state index contributed by atoms with van der Waals surface area (Å²) in [6, 6.07) is 4.95. The average Bonchev–Trinajstić information content (AvgIpc) is 2.95. The zero-order chi connectivity index (χ0) is 13.8. The third kappa shape index (κ3) is 2.41. The monoisotopic (exact) mass is 263 g/mol. The molecule has 2 rings (SSSR count). The Morgan fingerprint density at radius 2 is 1.95 bits per heavy atom. The highest BCUT2D eigenvalue weighted by Crippen LogP contribution is 2.18. The van der Waals surface area contributed by atoms with Crippen molar-refractivity contribution in [2.45, 2.75) is 0 Å². The van der Waals surface area contributed by atoms with E-state index in [4.69, 9.17) is 20.4 Å². The minimum absolute atomic E-state index is 0.0459. The van der Waals surface area contributed by atoms with Crippen LogP contribution in [0.4, 0.5) is 0 Å². The molecular formula is C11H13N5O3. The predicted octanol–water partition coefficient (Wildman–Crippen LogP) is 0.379. The lowest BCUT2D eigenvalue weighted by Crippen LogP contribution is -2.18. The summed E-state index contributed by atoms with van der Waals surface area (Å²) in [5, 5.41) is 11.7. The van der Waals surface area contributed by atoms with Gasteiger partial charge in [-0.05, 0) is 12.1 Å². The molecule has 0 unspecified atom stereocenters. The van der Waals surface area contributed by atoms with Crippen molar-refractivity contribution in [3.8, 4) is 17.7 Å². The Bertz CT molecular complexity index is 586. The minimum atomic E-state index is -0.0459. The second kappa shape index (κ2) is 5.25. The van der Waals surface area contributed by atoms with Crippen LogP contribution in [0.3, 0.4) is 0 Å². The summed E-state index contributed by atoms with van der Waals surface area (Å²) in [6.07, 6.45) is 1.68. The lowest BCUT2D eigenvalue weighted by Gasteiger charge is -2.09. The van der Waals surface area contributed by atoms with Gasteiger partial charge in [0.1, 0.15) is 0 Å². The quantitative estimate of drug-likeness (QED) is 0.357. The maximum Gasteiger partial charge on any atom is 0.240 e. The van der Waals surface area contributed by atoms with E-state index in [-0.39, 0.29) is 5.84 Å². The van der Waals surface area contributed by atoms with E-state index in [0.717, 1.165) is 0 Å². The smallest absolute Gasteiger partial charge is 0.240 e. The summed E-state index contributed by atoms with van der Waals surface area (Å²) >= 11 is 0. The number of methoxy groups -OCH3 is 2. The van der Waals surface area contributed by atoms with E-state index in [2.05, 4.69) is 15.1 Å². The number of ether oxygens (including phenoxy) is 2. The Morgan fingerprint density at radius 3 is 2.47 bits per heavy atom. The molecule has 0 saturated heterocycles. The van der Waals surface area contributed by atoms with Crippen molar-refractivity contribution in [2.24, 2.45) is 10.9 Å². The van der Waals surface area contributed by atoms with Gasteiger partial charge in [0.25, 0.3) is 0 Å². The molecule has 2 heterocycles. The molecule has 0 radical (unpaired) electrons.